The molecule has 0 unspecified atom stereocenters. The number of thiophene rings is 1. The van der Waals surface area contributed by atoms with Crippen molar-refractivity contribution < 1.29 is 9.18 Å². The van der Waals surface area contributed by atoms with Crippen LogP contribution in [-0.4, -0.2) is 33.0 Å². The Morgan fingerprint density at radius 3 is 2.52 bits per heavy atom. The smallest absolute Gasteiger partial charge is 0.336 e. The highest BCUT2D eigenvalue weighted by Gasteiger charge is 2.27. The molecule has 1 saturated heterocycles. The van der Waals surface area contributed by atoms with Crippen molar-refractivity contribution >= 4 is 27.5 Å². The fourth-order valence-corrected chi connectivity index (χ4v) is 5.01. The van der Waals surface area contributed by atoms with Crippen molar-refractivity contribution in [2.24, 2.45) is 11.8 Å². The van der Waals surface area contributed by atoms with Gasteiger partial charge < -0.3 is 4.90 Å². The first-order valence-corrected chi connectivity index (χ1v) is 10.5. The minimum atomic E-state index is -0.711. The first-order valence-electron chi connectivity index (χ1n) is 9.62. The fraction of sp³-hybridized carbons (Fsp3) is 0.381. The summed E-state index contributed by atoms with van der Waals surface area (Å²) >= 11 is 1.17. The van der Waals surface area contributed by atoms with Crippen LogP contribution >= 0.6 is 11.3 Å². The molecule has 152 valence electrons. The molecule has 2 aromatic heterocycles. The number of hydrogen-bond acceptors (Lipinski definition) is 4. The van der Waals surface area contributed by atoms with E-state index >= 15 is 0 Å². The molecule has 1 fully saturated rings. The second-order valence-corrected chi connectivity index (χ2v) is 8.76. The predicted molar refractivity (Wildman–Crippen MR) is 111 cm³/mol. The van der Waals surface area contributed by atoms with Crippen LogP contribution in [-0.2, 0) is 11.3 Å². The monoisotopic (exact) mass is 415 g/mol. The fourth-order valence-electron chi connectivity index (χ4n) is 4.19. The number of likely N-dealkylation sites (tertiary alicyclic amines) is 1. The maximum Gasteiger partial charge on any atom is 0.336 e. The van der Waals surface area contributed by atoms with E-state index in [2.05, 4.69) is 13.8 Å². The van der Waals surface area contributed by atoms with Crippen molar-refractivity contribution in [3.8, 4) is 5.69 Å². The summed E-state index contributed by atoms with van der Waals surface area (Å²) in [6.07, 6.45) is 1.07. The third kappa shape index (κ3) is 3.53. The molecule has 6 nitrogen and oxygen atoms in total. The average molecular weight is 415 g/mol. The molecule has 3 aromatic rings. The van der Waals surface area contributed by atoms with Crippen LogP contribution in [0, 0.1) is 17.7 Å². The normalized spacial score (nSPS) is 19.6. The van der Waals surface area contributed by atoms with Gasteiger partial charge in [-0.25, -0.2) is 13.8 Å². The summed E-state index contributed by atoms with van der Waals surface area (Å²) in [6.45, 7) is 5.34. The first-order chi connectivity index (χ1) is 13.9. The van der Waals surface area contributed by atoms with Crippen LogP contribution in [0.1, 0.15) is 20.3 Å². The number of carbonyl (C=O) groups is 1. The topological polar surface area (TPSA) is 64.3 Å². The molecule has 0 saturated carbocycles. The molecule has 1 aliphatic rings. The average Bonchev–Trinajstić information content (AvgIpc) is 3.16. The van der Waals surface area contributed by atoms with E-state index in [1.807, 2.05) is 0 Å². The number of benzene rings is 1. The zero-order chi connectivity index (χ0) is 20.7. The van der Waals surface area contributed by atoms with Crippen molar-refractivity contribution in [3.05, 3.63) is 62.4 Å². The largest absolute Gasteiger partial charge is 0.341 e. The van der Waals surface area contributed by atoms with E-state index in [0.29, 0.717) is 35.1 Å². The van der Waals surface area contributed by atoms with Crippen LogP contribution in [0.5, 0.6) is 0 Å². The Bertz CT molecular complexity index is 1190. The number of para-hydroxylation sites is 1. The van der Waals surface area contributed by atoms with E-state index in [0.717, 1.165) is 11.0 Å². The molecule has 3 heterocycles. The summed E-state index contributed by atoms with van der Waals surface area (Å²) in [5.41, 5.74) is -0.991. The maximum atomic E-state index is 14.4. The van der Waals surface area contributed by atoms with Gasteiger partial charge in [-0.05, 0) is 41.8 Å². The van der Waals surface area contributed by atoms with E-state index in [-0.39, 0.29) is 18.1 Å². The summed E-state index contributed by atoms with van der Waals surface area (Å²) < 4.78 is 16.8. The number of aromatic nitrogens is 2. The maximum absolute atomic E-state index is 14.4. The van der Waals surface area contributed by atoms with Gasteiger partial charge in [0.2, 0.25) is 5.91 Å². The molecular weight excluding hydrogens is 393 g/mol. The molecule has 1 aliphatic heterocycles. The standard InChI is InChI=1S/C21H22FN3O3S/c1-13-9-14(2)11-23(10-13)18(26)12-24-17-7-8-29-19(17)20(27)25(21(24)28)16-6-4-3-5-15(16)22/h3-8,13-14H,9-12H2,1-2H3/t13-,14-/m1/s1. The van der Waals surface area contributed by atoms with Crippen LogP contribution in [0.15, 0.2) is 45.3 Å². The minimum absolute atomic E-state index is 0.112. The Hall–Kier alpha value is -2.74. The molecule has 1 amide bonds. The van der Waals surface area contributed by atoms with E-state index in [9.17, 15) is 18.8 Å². The Morgan fingerprint density at radius 2 is 1.83 bits per heavy atom. The Labute approximate surface area is 170 Å². The molecule has 4 rings (SSSR count). The van der Waals surface area contributed by atoms with Gasteiger partial charge in [0.15, 0.2) is 0 Å². The lowest BCUT2D eigenvalue weighted by molar-refractivity contribution is -0.134. The Morgan fingerprint density at radius 1 is 1.14 bits per heavy atom. The van der Waals surface area contributed by atoms with Crippen LogP contribution in [0.25, 0.3) is 15.9 Å². The number of piperidine rings is 1. The third-order valence-electron chi connectivity index (χ3n) is 5.36. The van der Waals surface area contributed by atoms with E-state index in [4.69, 9.17) is 0 Å². The van der Waals surface area contributed by atoms with Crippen LogP contribution < -0.4 is 11.2 Å². The highest BCUT2D eigenvalue weighted by atomic mass is 32.1. The molecule has 1 aromatic carbocycles. The van der Waals surface area contributed by atoms with Crippen LogP contribution in [0.4, 0.5) is 4.39 Å². The summed E-state index contributed by atoms with van der Waals surface area (Å²) in [5, 5.41) is 1.70. The lowest BCUT2D eigenvalue weighted by Crippen LogP contribution is -2.46. The number of carbonyl (C=O) groups excluding carboxylic acids is 1. The lowest BCUT2D eigenvalue weighted by Gasteiger charge is -2.35. The molecule has 8 heteroatoms. The number of amides is 1. The molecule has 0 N–H and O–H groups in total. The zero-order valence-electron chi connectivity index (χ0n) is 16.3. The second kappa shape index (κ2) is 7.59. The van der Waals surface area contributed by atoms with E-state index in [1.54, 1.807) is 22.4 Å². The molecule has 2 atom stereocenters. The van der Waals surface area contributed by atoms with Crippen molar-refractivity contribution in [1.82, 2.24) is 14.0 Å². The number of halogens is 1. The van der Waals surface area contributed by atoms with Crippen molar-refractivity contribution in [2.45, 2.75) is 26.8 Å². The summed E-state index contributed by atoms with van der Waals surface area (Å²) in [7, 11) is 0. The van der Waals surface area contributed by atoms with Gasteiger partial charge in [-0.2, -0.15) is 0 Å². The van der Waals surface area contributed by atoms with E-state index < -0.39 is 17.1 Å². The summed E-state index contributed by atoms with van der Waals surface area (Å²) in [5.74, 6) is -0.0446. The predicted octanol–water partition coefficient (Wildman–Crippen LogP) is 2.86. The molecule has 0 spiro atoms. The summed E-state index contributed by atoms with van der Waals surface area (Å²) in [6, 6.07) is 7.30. The first kappa shape index (κ1) is 19.6. The third-order valence-corrected chi connectivity index (χ3v) is 6.25. The van der Waals surface area contributed by atoms with Crippen LogP contribution in [0.2, 0.25) is 0 Å². The highest BCUT2D eigenvalue weighted by molar-refractivity contribution is 7.17. The van der Waals surface area contributed by atoms with Gasteiger partial charge in [0.25, 0.3) is 5.56 Å². The SMILES string of the molecule is C[C@@H]1C[C@@H](C)CN(C(=O)Cn2c(=O)n(-c3ccccc3F)c(=O)c3sccc32)C1. The van der Waals surface area contributed by atoms with Gasteiger partial charge >= 0.3 is 5.69 Å². The number of rotatable bonds is 3. The van der Waals surface area contributed by atoms with Gasteiger partial charge in [-0.15, -0.1) is 11.3 Å². The van der Waals surface area contributed by atoms with Crippen molar-refractivity contribution in [2.75, 3.05) is 13.1 Å². The molecular formula is C21H22FN3O3S. The second-order valence-electron chi connectivity index (χ2n) is 7.84. The van der Waals surface area contributed by atoms with Gasteiger partial charge in [-0.3, -0.25) is 14.2 Å². The molecule has 0 radical (unpaired) electrons. The Kier molecular flexibility index (Phi) is 5.12. The molecule has 29 heavy (non-hydrogen) atoms. The van der Waals surface area contributed by atoms with Crippen molar-refractivity contribution in [1.29, 1.82) is 0 Å². The van der Waals surface area contributed by atoms with Gasteiger partial charge in [0.05, 0.1) is 11.2 Å². The quantitative estimate of drug-likeness (QED) is 0.661. The highest BCUT2D eigenvalue weighted by Crippen LogP contribution is 2.22. The van der Waals surface area contributed by atoms with Gasteiger partial charge in [0.1, 0.15) is 17.1 Å². The molecule has 0 aliphatic carbocycles. The van der Waals surface area contributed by atoms with E-state index in [1.165, 1.54) is 34.1 Å². The van der Waals surface area contributed by atoms with Crippen molar-refractivity contribution in [3.63, 3.8) is 0 Å². The summed E-state index contributed by atoms with van der Waals surface area (Å²) in [4.78, 5) is 40.8. The molecule has 0 bridgehead atoms. The Balaban J connectivity index is 1.82. The van der Waals surface area contributed by atoms with Gasteiger partial charge in [0, 0.05) is 13.1 Å². The minimum Gasteiger partial charge on any atom is -0.341 e. The number of nitrogens with zero attached hydrogens (tertiary/aromatic N) is 3. The number of fused-ring (bicyclic) bond motifs is 1. The van der Waals surface area contributed by atoms with Crippen LogP contribution in [0.3, 0.4) is 0 Å². The lowest BCUT2D eigenvalue weighted by atomic mass is 9.92. The number of hydrogen-bond donors (Lipinski definition) is 0. The zero-order valence-corrected chi connectivity index (χ0v) is 17.1. The van der Waals surface area contributed by atoms with Gasteiger partial charge in [-0.1, -0.05) is 26.0 Å².